The van der Waals surface area contributed by atoms with Gasteiger partial charge in [-0.15, -0.1) is 0 Å². The van der Waals surface area contributed by atoms with Crippen molar-refractivity contribution in [2.24, 2.45) is 11.3 Å². The van der Waals surface area contributed by atoms with Gasteiger partial charge in [0.1, 0.15) is 0 Å². The van der Waals surface area contributed by atoms with E-state index in [-0.39, 0.29) is 0 Å². The van der Waals surface area contributed by atoms with Crippen LogP contribution in [-0.2, 0) is 0 Å². The van der Waals surface area contributed by atoms with E-state index in [4.69, 9.17) is 0 Å². The normalized spacial score (nSPS) is 24.1. The van der Waals surface area contributed by atoms with Crippen molar-refractivity contribution >= 4 is 8.07 Å². The third-order valence-corrected chi connectivity index (χ3v) is 4.76. The Bertz CT molecular complexity index is 227. The predicted octanol–water partition coefficient (Wildman–Crippen LogP) is 5.03. The van der Waals surface area contributed by atoms with Gasteiger partial charge in [0.2, 0.25) is 0 Å². The summed E-state index contributed by atoms with van der Waals surface area (Å²) < 4.78 is 0. The van der Waals surface area contributed by atoms with Crippen molar-refractivity contribution in [2.45, 2.75) is 66.1 Å². The molecule has 1 heteroatoms. The highest BCUT2D eigenvalue weighted by atomic mass is 28.3. The predicted molar refractivity (Wildman–Crippen MR) is 72.8 cm³/mol. The summed E-state index contributed by atoms with van der Waals surface area (Å²) in [5.74, 6) is 0.941. The maximum absolute atomic E-state index is 2.63. The number of allylic oxidation sites excluding steroid dienone is 1. The van der Waals surface area contributed by atoms with Gasteiger partial charge in [0.25, 0.3) is 0 Å². The minimum atomic E-state index is -0.975. The summed E-state index contributed by atoms with van der Waals surface area (Å²) in [5.41, 5.74) is 4.91. The molecule has 0 atom stereocenters. The molecule has 1 saturated carbocycles. The molecule has 0 N–H and O–H groups in total. The van der Waals surface area contributed by atoms with Crippen LogP contribution in [0.1, 0.15) is 46.5 Å². The van der Waals surface area contributed by atoms with E-state index < -0.39 is 8.07 Å². The molecule has 0 bridgehead atoms. The first kappa shape index (κ1) is 13.0. The molecule has 1 rings (SSSR count). The van der Waals surface area contributed by atoms with Gasteiger partial charge in [0, 0.05) is 0 Å². The molecule has 0 spiro atoms. The Morgan fingerprint density at radius 2 is 1.53 bits per heavy atom. The standard InChI is InChI=1S/C14H28Si/c1-14(2,3)13-9-7-12(8-10-13)11-15(4,5)6/h11,13H,7-10H2,1-6H3. The summed E-state index contributed by atoms with van der Waals surface area (Å²) >= 11 is 0. The smallest absolute Gasteiger partial charge is 0.0686 e. The van der Waals surface area contributed by atoms with E-state index in [1.165, 1.54) is 25.7 Å². The molecular weight excluding hydrogens is 196 g/mol. The van der Waals surface area contributed by atoms with Gasteiger partial charge in [0.05, 0.1) is 8.07 Å². The van der Waals surface area contributed by atoms with Crippen molar-refractivity contribution in [3.05, 3.63) is 11.3 Å². The maximum atomic E-state index is 2.63. The molecule has 1 aliphatic rings. The van der Waals surface area contributed by atoms with Crippen molar-refractivity contribution in [3.8, 4) is 0 Å². The van der Waals surface area contributed by atoms with Crippen LogP contribution in [0.5, 0.6) is 0 Å². The average Bonchev–Trinajstić information content (AvgIpc) is 2.00. The molecule has 0 amide bonds. The third kappa shape index (κ3) is 4.54. The molecule has 0 radical (unpaired) electrons. The van der Waals surface area contributed by atoms with Gasteiger partial charge in [-0.05, 0) is 37.0 Å². The second-order valence-electron chi connectivity index (χ2n) is 7.31. The summed E-state index contributed by atoms with van der Waals surface area (Å²) in [5, 5.41) is 0. The lowest BCUT2D eigenvalue weighted by Crippen LogP contribution is -2.24. The Morgan fingerprint density at radius 3 is 1.87 bits per heavy atom. The molecule has 0 saturated heterocycles. The first-order valence-corrected chi connectivity index (χ1v) is 9.97. The number of hydrogen-bond acceptors (Lipinski definition) is 0. The van der Waals surface area contributed by atoms with E-state index in [1.54, 1.807) is 5.57 Å². The Labute approximate surface area is 97.2 Å². The second-order valence-corrected chi connectivity index (χ2v) is 12.3. The molecule has 0 aromatic heterocycles. The van der Waals surface area contributed by atoms with Gasteiger partial charge < -0.3 is 0 Å². The Balaban J connectivity index is 2.54. The van der Waals surface area contributed by atoms with Crippen LogP contribution in [0.25, 0.3) is 0 Å². The van der Waals surface area contributed by atoms with E-state index in [1.807, 2.05) is 0 Å². The molecule has 0 heterocycles. The van der Waals surface area contributed by atoms with Crippen LogP contribution in [0.15, 0.2) is 11.3 Å². The Hall–Kier alpha value is -0.0431. The van der Waals surface area contributed by atoms with Crippen LogP contribution in [0.2, 0.25) is 19.6 Å². The summed E-state index contributed by atoms with van der Waals surface area (Å²) in [6, 6.07) is 0. The zero-order valence-corrected chi connectivity index (χ0v) is 12.5. The maximum Gasteiger partial charge on any atom is 0.0686 e. The number of hydrogen-bond donors (Lipinski definition) is 0. The first-order valence-electron chi connectivity index (χ1n) is 6.39. The summed E-state index contributed by atoms with van der Waals surface area (Å²) in [6.07, 6.45) is 5.57. The van der Waals surface area contributed by atoms with Crippen LogP contribution in [0.4, 0.5) is 0 Å². The van der Waals surface area contributed by atoms with Crippen molar-refractivity contribution in [1.82, 2.24) is 0 Å². The van der Waals surface area contributed by atoms with E-state index in [2.05, 4.69) is 46.1 Å². The number of rotatable bonds is 1. The van der Waals surface area contributed by atoms with Crippen LogP contribution < -0.4 is 0 Å². The molecule has 0 unspecified atom stereocenters. The molecule has 0 aliphatic heterocycles. The van der Waals surface area contributed by atoms with Gasteiger partial charge in [-0.2, -0.15) is 0 Å². The SMILES string of the molecule is CC(C)(C)C1CCC(=C[Si](C)(C)C)CC1. The minimum Gasteiger partial charge on any atom is -0.0958 e. The largest absolute Gasteiger partial charge is 0.0958 e. The molecule has 88 valence electrons. The Morgan fingerprint density at radius 1 is 1.07 bits per heavy atom. The molecule has 0 nitrogen and oxygen atoms in total. The molecule has 1 aliphatic carbocycles. The van der Waals surface area contributed by atoms with E-state index in [9.17, 15) is 0 Å². The third-order valence-electron chi connectivity index (χ3n) is 3.49. The highest BCUT2D eigenvalue weighted by Gasteiger charge is 2.27. The van der Waals surface area contributed by atoms with E-state index in [0.717, 1.165) is 5.92 Å². The van der Waals surface area contributed by atoms with Crippen molar-refractivity contribution in [1.29, 1.82) is 0 Å². The van der Waals surface area contributed by atoms with Crippen molar-refractivity contribution in [2.75, 3.05) is 0 Å². The minimum absolute atomic E-state index is 0.519. The zero-order chi connectivity index (χ0) is 11.7. The van der Waals surface area contributed by atoms with E-state index >= 15 is 0 Å². The summed E-state index contributed by atoms with van der Waals surface area (Å²) in [6.45, 7) is 14.5. The van der Waals surface area contributed by atoms with Crippen molar-refractivity contribution < 1.29 is 0 Å². The lowest BCUT2D eigenvalue weighted by atomic mass is 9.71. The molecule has 0 aromatic rings. The van der Waals surface area contributed by atoms with Gasteiger partial charge >= 0.3 is 0 Å². The lowest BCUT2D eigenvalue weighted by Gasteiger charge is -2.35. The first-order chi connectivity index (χ1) is 6.68. The quantitative estimate of drug-likeness (QED) is 0.548. The topological polar surface area (TPSA) is 0 Å². The van der Waals surface area contributed by atoms with Gasteiger partial charge in [-0.1, -0.05) is 51.7 Å². The molecule has 0 aromatic carbocycles. The summed E-state index contributed by atoms with van der Waals surface area (Å²) in [4.78, 5) is 0. The van der Waals surface area contributed by atoms with Crippen LogP contribution >= 0.6 is 0 Å². The lowest BCUT2D eigenvalue weighted by molar-refractivity contribution is 0.197. The monoisotopic (exact) mass is 224 g/mol. The molecular formula is C14H28Si. The summed E-state index contributed by atoms with van der Waals surface area (Å²) in [7, 11) is -0.975. The fourth-order valence-electron chi connectivity index (χ4n) is 2.61. The highest BCUT2D eigenvalue weighted by Crippen LogP contribution is 2.39. The molecule has 1 fully saturated rings. The van der Waals surface area contributed by atoms with Crippen molar-refractivity contribution in [3.63, 3.8) is 0 Å². The van der Waals surface area contributed by atoms with Gasteiger partial charge in [-0.3, -0.25) is 0 Å². The zero-order valence-electron chi connectivity index (χ0n) is 11.5. The fraction of sp³-hybridized carbons (Fsp3) is 0.857. The molecule has 15 heavy (non-hydrogen) atoms. The average molecular weight is 224 g/mol. The Kier molecular flexibility index (Phi) is 3.86. The highest BCUT2D eigenvalue weighted by molar-refractivity contribution is 6.81. The van der Waals surface area contributed by atoms with Gasteiger partial charge in [-0.25, -0.2) is 0 Å². The van der Waals surface area contributed by atoms with Crippen LogP contribution in [0.3, 0.4) is 0 Å². The van der Waals surface area contributed by atoms with Crippen LogP contribution in [0, 0.1) is 11.3 Å². The second kappa shape index (κ2) is 4.45. The van der Waals surface area contributed by atoms with Gasteiger partial charge in [0.15, 0.2) is 0 Å². The van der Waals surface area contributed by atoms with E-state index in [0.29, 0.717) is 5.41 Å². The fourth-order valence-corrected chi connectivity index (χ4v) is 4.12. The van der Waals surface area contributed by atoms with Crippen LogP contribution in [-0.4, -0.2) is 8.07 Å².